The fourth-order valence-electron chi connectivity index (χ4n) is 1.62. The maximum absolute atomic E-state index is 5.86. The van der Waals surface area contributed by atoms with E-state index >= 15 is 0 Å². The van der Waals surface area contributed by atoms with Crippen LogP contribution in [-0.4, -0.2) is 25.3 Å². The molecule has 0 heterocycles. The van der Waals surface area contributed by atoms with E-state index in [4.69, 9.17) is 20.9 Å². The van der Waals surface area contributed by atoms with Crippen molar-refractivity contribution < 1.29 is 9.47 Å². The van der Waals surface area contributed by atoms with Gasteiger partial charge in [-0.15, -0.1) is 0 Å². The molecule has 4 N–H and O–H groups in total. The lowest BCUT2D eigenvalue weighted by Gasteiger charge is -2.32. The minimum atomic E-state index is -0.998. The predicted octanol–water partition coefficient (Wildman–Crippen LogP) is 1.75. The van der Waals surface area contributed by atoms with Crippen molar-refractivity contribution in [3.8, 4) is 0 Å². The second-order valence-corrected chi connectivity index (χ2v) is 4.81. The minimum absolute atomic E-state index is 0.0815. The van der Waals surface area contributed by atoms with Gasteiger partial charge in [0, 0.05) is 17.6 Å². The van der Waals surface area contributed by atoms with Crippen LogP contribution in [0.1, 0.15) is 19.4 Å². The van der Waals surface area contributed by atoms with Crippen molar-refractivity contribution in [3.63, 3.8) is 0 Å². The van der Waals surface area contributed by atoms with E-state index < -0.39 is 5.79 Å². The van der Waals surface area contributed by atoms with Gasteiger partial charge in [-0.3, -0.25) is 0 Å². The van der Waals surface area contributed by atoms with Crippen LogP contribution in [0.5, 0.6) is 0 Å². The maximum Gasteiger partial charge on any atom is 0.214 e. The standard InChI is InChI=1S/C15H24N2O2/c1-4-15(18-10-12(2)16,19-11-13(3)17)14-8-6-5-7-9-14/h4-9,12-13H,1,10-11,16-17H2,2-3H3. The molecule has 0 bridgehead atoms. The van der Waals surface area contributed by atoms with Gasteiger partial charge in [0.1, 0.15) is 0 Å². The molecule has 106 valence electrons. The van der Waals surface area contributed by atoms with Gasteiger partial charge in [-0.05, 0) is 19.9 Å². The van der Waals surface area contributed by atoms with Gasteiger partial charge in [0.2, 0.25) is 5.79 Å². The highest BCUT2D eigenvalue weighted by Gasteiger charge is 2.31. The molecule has 1 rings (SSSR count). The third-order valence-electron chi connectivity index (χ3n) is 2.57. The van der Waals surface area contributed by atoms with Crippen molar-refractivity contribution in [3.05, 3.63) is 48.6 Å². The summed E-state index contributed by atoms with van der Waals surface area (Å²) in [6.45, 7) is 8.34. The fraction of sp³-hybridized carbons (Fsp3) is 0.467. The van der Waals surface area contributed by atoms with Gasteiger partial charge in [-0.25, -0.2) is 0 Å². The number of hydrogen-bond acceptors (Lipinski definition) is 4. The Bertz CT molecular complexity index is 365. The first kappa shape index (κ1) is 15.9. The molecule has 0 fully saturated rings. The van der Waals surface area contributed by atoms with E-state index in [9.17, 15) is 0 Å². The van der Waals surface area contributed by atoms with Gasteiger partial charge < -0.3 is 20.9 Å². The topological polar surface area (TPSA) is 70.5 Å². The summed E-state index contributed by atoms with van der Waals surface area (Å²) < 4.78 is 11.7. The molecule has 0 aromatic heterocycles. The fourth-order valence-corrected chi connectivity index (χ4v) is 1.62. The minimum Gasteiger partial charge on any atom is -0.341 e. The van der Waals surface area contributed by atoms with Gasteiger partial charge in [-0.1, -0.05) is 36.9 Å². The van der Waals surface area contributed by atoms with E-state index in [1.807, 2.05) is 44.2 Å². The second-order valence-electron chi connectivity index (χ2n) is 4.81. The lowest BCUT2D eigenvalue weighted by molar-refractivity contribution is -0.216. The largest absolute Gasteiger partial charge is 0.341 e. The summed E-state index contributed by atoms with van der Waals surface area (Å²) in [5.74, 6) is -0.998. The lowest BCUT2D eigenvalue weighted by Crippen LogP contribution is -2.38. The second kappa shape index (κ2) is 7.40. The third-order valence-corrected chi connectivity index (χ3v) is 2.57. The molecule has 0 amide bonds. The van der Waals surface area contributed by atoms with E-state index in [-0.39, 0.29) is 12.1 Å². The first-order valence-corrected chi connectivity index (χ1v) is 6.48. The van der Waals surface area contributed by atoms with Gasteiger partial charge >= 0.3 is 0 Å². The van der Waals surface area contributed by atoms with Crippen LogP contribution in [0.15, 0.2) is 43.0 Å². The van der Waals surface area contributed by atoms with Gasteiger partial charge in [-0.2, -0.15) is 0 Å². The van der Waals surface area contributed by atoms with Crippen LogP contribution in [0.25, 0.3) is 0 Å². The SMILES string of the molecule is C=CC(OCC(C)N)(OCC(C)N)c1ccccc1. The maximum atomic E-state index is 5.86. The monoisotopic (exact) mass is 264 g/mol. The highest BCUT2D eigenvalue weighted by atomic mass is 16.7. The number of ether oxygens (including phenoxy) is 2. The first-order chi connectivity index (χ1) is 9.00. The first-order valence-electron chi connectivity index (χ1n) is 6.48. The summed E-state index contributed by atoms with van der Waals surface area (Å²) in [7, 11) is 0. The molecule has 0 aliphatic heterocycles. The lowest BCUT2D eigenvalue weighted by atomic mass is 10.1. The Morgan fingerprint density at radius 3 is 1.95 bits per heavy atom. The Labute approximate surface area is 115 Å². The Morgan fingerprint density at radius 1 is 1.11 bits per heavy atom. The highest BCUT2D eigenvalue weighted by Crippen LogP contribution is 2.29. The predicted molar refractivity (Wildman–Crippen MR) is 77.5 cm³/mol. The molecular weight excluding hydrogens is 240 g/mol. The van der Waals surface area contributed by atoms with Crippen LogP contribution in [0.4, 0.5) is 0 Å². The molecule has 0 spiro atoms. The molecule has 1 aromatic rings. The van der Waals surface area contributed by atoms with Crippen LogP contribution >= 0.6 is 0 Å². The van der Waals surface area contributed by atoms with E-state index in [1.165, 1.54) is 0 Å². The van der Waals surface area contributed by atoms with Crippen molar-refractivity contribution in [2.45, 2.75) is 31.7 Å². The zero-order chi connectivity index (χ0) is 14.3. The number of benzene rings is 1. The molecule has 0 saturated carbocycles. The Hall–Kier alpha value is -1.20. The van der Waals surface area contributed by atoms with Crippen molar-refractivity contribution in [1.82, 2.24) is 0 Å². The Kier molecular flexibility index (Phi) is 6.18. The molecule has 0 aliphatic rings. The zero-order valence-electron chi connectivity index (χ0n) is 11.7. The van der Waals surface area contributed by atoms with Crippen LogP contribution in [0, 0.1) is 0 Å². The molecule has 0 saturated heterocycles. The highest BCUT2D eigenvalue weighted by molar-refractivity contribution is 5.24. The summed E-state index contributed by atoms with van der Waals surface area (Å²) in [4.78, 5) is 0. The molecule has 2 unspecified atom stereocenters. The van der Waals surface area contributed by atoms with Gasteiger partial charge in [0.05, 0.1) is 13.2 Å². The van der Waals surface area contributed by atoms with Crippen molar-refractivity contribution in [1.29, 1.82) is 0 Å². The molecule has 0 radical (unpaired) electrons. The summed E-state index contributed by atoms with van der Waals surface area (Å²) in [5, 5.41) is 0. The van der Waals surface area contributed by atoms with Crippen LogP contribution in [0.2, 0.25) is 0 Å². The molecular formula is C15H24N2O2. The number of rotatable bonds is 8. The molecule has 2 atom stereocenters. The van der Waals surface area contributed by atoms with E-state index in [2.05, 4.69) is 6.58 Å². The number of nitrogens with two attached hydrogens (primary N) is 2. The van der Waals surface area contributed by atoms with Crippen LogP contribution in [0.3, 0.4) is 0 Å². The molecule has 19 heavy (non-hydrogen) atoms. The quantitative estimate of drug-likeness (QED) is 0.554. The summed E-state index contributed by atoms with van der Waals surface area (Å²) >= 11 is 0. The Balaban J connectivity index is 2.95. The van der Waals surface area contributed by atoms with Gasteiger partial charge in [0.25, 0.3) is 0 Å². The van der Waals surface area contributed by atoms with E-state index in [0.717, 1.165) is 5.56 Å². The summed E-state index contributed by atoms with van der Waals surface area (Å²) in [6.07, 6.45) is 1.65. The van der Waals surface area contributed by atoms with Crippen molar-refractivity contribution in [2.24, 2.45) is 11.5 Å². The van der Waals surface area contributed by atoms with Crippen LogP contribution in [-0.2, 0) is 15.3 Å². The molecule has 0 aliphatic carbocycles. The van der Waals surface area contributed by atoms with E-state index in [1.54, 1.807) is 6.08 Å². The summed E-state index contributed by atoms with van der Waals surface area (Å²) in [5.41, 5.74) is 12.4. The molecule has 1 aromatic carbocycles. The number of hydrogen-bond donors (Lipinski definition) is 2. The average Bonchev–Trinajstić information content (AvgIpc) is 2.40. The molecule has 4 nitrogen and oxygen atoms in total. The Morgan fingerprint density at radius 2 is 1.58 bits per heavy atom. The van der Waals surface area contributed by atoms with Gasteiger partial charge in [0.15, 0.2) is 0 Å². The molecule has 4 heteroatoms. The average molecular weight is 264 g/mol. The normalized spacial score (nSPS) is 17.5. The van der Waals surface area contributed by atoms with Crippen molar-refractivity contribution >= 4 is 0 Å². The smallest absolute Gasteiger partial charge is 0.214 e. The van der Waals surface area contributed by atoms with Crippen molar-refractivity contribution in [2.75, 3.05) is 13.2 Å². The third kappa shape index (κ3) is 4.76. The van der Waals surface area contributed by atoms with Crippen LogP contribution < -0.4 is 11.5 Å². The van der Waals surface area contributed by atoms with E-state index in [0.29, 0.717) is 13.2 Å². The zero-order valence-corrected chi connectivity index (χ0v) is 11.7. The summed E-state index contributed by atoms with van der Waals surface area (Å²) in [6, 6.07) is 9.50.